The number of esters is 1. The molecule has 0 aliphatic carbocycles. The van der Waals surface area contributed by atoms with Gasteiger partial charge in [0.25, 0.3) is 5.91 Å². The number of hydrogen-bond acceptors (Lipinski definition) is 3. The molecule has 1 heterocycles. The smallest absolute Gasteiger partial charge is 0.307 e. The van der Waals surface area contributed by atoms with E-state index in [0.717, 1.165) is 36.0 Å². The lowest BCUT2D eigenvalue weighted by Gasteiger charge is -2.35. The number of aryl methyl sites for hydroxylation is 2. The monoisotopic (exact) mass is 289 g/mol. The molecule has 0 aromatic heterocycles. The van der Waals surface area contributed by atoms with E-state index in [-0.39, 0.29) is 24.3 Å². The van der Waals surface area contributed by atoms with Crippen LogP contribution in [-0.2, 0) is 9.53 Å². The zero-order valence-electron chi connectivity index (χ0n) is 13.0. The zero-order chi connectivity index (χ0) is 15.4. The number of methoxy groups -OCH3 is 1. The molecule has 1 atom stereocenters. The van der Waals surface area contributed by atoms with Crippen molar-refractivity contribution < 1.29 is 14.3 Å². The lowest BCUT2D eigenvalue weighted by atomic mass is 9.97. The van der Waals surface area contributed by atoms with Crippen molar-refractivity contribution in [2.24, 2.45) is 0 Å². The van der Waals surface area contributed by atoms with Crippen LogP contribution in [0.15, 0.2) is 18.2 Å². The van der Waals surface area contributed by atoms with Crippen LogP contribution in [0.25, 0.3) is 0 Å². The van der Waals surface area contributed by atoms with E-state index in [2.05, 4.69) is 0 Å². The fourth-order valence-corrected chi connectivity index (χ4v) is 2.96. The largest absolute Gasteiger partial charge is 0.469 e. The van der Waals surface area contributed by atoms with Gasteiger partial charge in [0.15, 0.2) is 0 Å². The Kier molecular flexibility index (Phi) is 4.99. The van der Waals surface area contributed by atoms with E-state index in [1.807, 2.05) is 36.9 Å². The second-order valence-electron chi connectivity index (χ2n) is 5.75. The van der Waals surface area contributed by atoms with Crippen molar-refractivity contribution >= 4 is 11.9 Å². The second kappa shape index (κ2) is 6.74. The molecule has 0 radical (unpaired) electrons. The molecule has 1 aromatic rings. The average Bonchev–Trinajstić information content (AvgIpc) is 2.47. The molecule has 4 heteroatoms. The van der Waals surface area contributed by atoms with Gasteiger partial charge >= 0.3 is 5.97 Å². The van der Waals surface area contributed by atoms with Gasteiger partial charge in [0.05, 0.1) is 13.5 Å². The number of likely N-dealkylation sites (tertiary alicyclic amines) is 1. The Hall–Kier alpha value is -1.84. The molecule has 0 N–H and O–H groups in total. The van der Waals surface area contributed by atoms with E-state index in [1.54, 1.807) is 0 Å². The summed E-state index contributed by atoms with van der Waals surface area (Å²) >= 11 is 0. The first-order chi connectivity index (χ1) is 10.0. The molecular weight excluding hydrogens is 266 g/mol. The molecule has 1 unspecified atom stereocenters. The van der Waals surface area contributed by atoms with E-state index < -0.39 is 0 Å². The molecular formula is C17H23NO3. The van der Waals surface area contributed by atoms with Gasteiger partial charge in [-0.1, -0.05) is 17.7 Å². The number of nitrogens with zero attached hydrogens (tertiary/aromatic N) is 1. The van der Waals surface area contributed by atoms with Crippen LogP contribution >= 0.6 is 0 Å². The Bertz CT molecular complexity index is 539. The maximum absolute atomic E-state index is 12.8. The fraction of sp³-hybridized carbons (Fsp3) is 0.529. The number of hydrogen-bond donors (Lipinski definition) is 0. The van der Waals surface area contributed by atoms with Crippen molar-refractivity contribution in [3.63, 3.8) is 0 Å². The van der Waals surface area contributed by atoms with Crippen LogP contribution in [0.2, 0.25) is 0 Å². The molecule has 1 aliphatic heterocycles. The number of amides is 1. The van der Waals surface area contributed by atoms with Gasteiger partial charge in [-0.3, -0.25) is 9.59 Å². The van der Waals surface area contributed by atoms with E-state index in [0.29, 0.717) is 6.54 Å². The number of carbonyl (C=O) groups excluding carboxylic acids is 2. The third kappa shape index (κ3) is 3.63. The van der Waals surface area contributed by atoms with Crippen molar-refractivity contribution in [1.29, 1.82) is 0 Å². The minimum absolute atomic E-state index is 0.0288. The summed E-state index contributed by atoms with van der Waals surface area (Å²) in [5, 5.41) is 0. The summed E-state index contributed by atoms with van der Waals surface area (Å²) in [7, 11) is 1.39. The molecule has 0 saturated carbocycles. The summed E-state index contributed by atoms with van der Waals surface area (Å²) in [4.78, 5) is 26.2. The fourth-order valence-electron chi connectivity index (χ4n) is 2.96. The average molecular weight is 289 g/mol. The van der Waals surface area contributed by atoms with E-state index >= 15 is 0 Å². The Morgan fingerprint density at radius 1 is 1.29 bits per heavy atom. The van der Waals surface area contributed by atoms with Gasteiger partial charge in [0.2, 0.25) is 0 Å². The summed E-state index contributed by atoms with van der Waals surface area (Å²) in [5.41, 5.74) is 2.87. The molecule has 1 aromatic carbocycles. The summed E-state index contributed by atoms with van der Waals surface area (Å²) < 4.78 is 4.75. The Balaban J connectivity index is 2.20. The summed E-state index contributed by atoms with van der Waals surface area (Å²) in [6.45, 7) is 4.69. The van der Waals surface area contributed by atoms with Crippen LogP contribution in [0.1, 0.15) is 47.2 Å². The minimum atomic E-state index is -0.250. The van der Waals surface area contributed by atoms with Crippen molar-refractivity contribution in [3.05, 3.63) is 34.9 Å². The lowest BCUT2D eigenvalue weighted by Crippen LogP contribution is -2.45. The predicted molar refractivity (Wildman–Crippen MR) is 81.2 cm³/mol. The van der Waals surface area contributed by atoms with Crippen molar-refractivity contribution in [2.75, 3.05) is 13.7 Å². The number of piperidine rings is 1. The Morgan fingerprint density at radius 2 is 2.05 bits per heavy atom. The lowest BCUT2D eigenvalue weighted by molar-refractivity contribution is -0.142. The highest BCUT2D eigenvalue weighted by Crippen LogP contribution is 2.23. The van der Waals surface area contributed by atoms with Crippen LogP contribution in [0.4, 0.5) is 0 Å². The third-order valence-electron chi connectivity index (χ3n) is 4.13. The van der Waals surface area contributed by atoms with Crippen LogP contribution in [0.3, 0.4) is 0 Å². The number of carbonyl (C=O) groups is 2. The van der Waals surface area contributed by atoms with Crippen LogP contribution in [0.5, 0.6) is 0 Å². The van der Waals surface area contributed by atoms with Crippen molar-refractivity contribution in [2.45, 2.75) is 45.6 Å². The number of ether oxygens (including phenoxy) is 1. The summed E-state index contributed by atoms with van der Waals surface area (Å²) in [5.74, 6) is -0.221. The van der Waals surface area contributed by atoms with E-state index in [1.165, 1.54) is 7.11 Å². The van der Waals surface area contributed by atoms with Gasteiger partial charge in [-0.15, -0.1) is 0 Å². The van der Waals surface area contributed by atoms with Gasteiger partial charge in [-0.2, -0.15) is 0 Å². The molecule has 1 fully saturated rings. The quantitative estimate of drug-likeness (QED) is 0.804. The third-order valence-corrected chi connectivity index (χ3v) is 4.13. The molecule has 1 saturated heterocycles. The first kappa shape index (κ1) is 15.5. The van der Waals surface area contributed by atoms with Crippen LogP contribution < -0.4 is 0 Å². The zero-order valence-corrected chi connectivity index (χ0v) is 13.0. The Labute approximate surface area is 126 Å². The highest BCUT2D eigenvalue weighted by molar-refractivity contribution is 5.96. The van der Waals surface area contributed by atoms with E-state index in [4.69, 9.17) is 4.74 Å². The SMILES string of the molecule is COC(=O)CC1CCCCN1C(=O)c1ccc(C)cc1C. The first-order valence-electron chi connectivity index (χ1n) is 7.48. The van der Waals surface area contributed by atoms with Crippen LogP contribution in [-0.4, -0.2) is 36.5 Å². The number of benzene rings is 1. The van der Waals surface area contributed by atoms with Crippen LogP contribution in [0, 0.1) is 13.8 Å². The highest BCUT2D eigenvalue weighted by Gasteiger charge is 2.30. The minimum Gasteiger partial charge on any atom is -0.469 e. The van der Waals surface area contributed by atoms with Crippen molar-refractivity contribution in [3.8, 4) is 0 Å². The predicted octanol–water partition coefficient (Wildman–Crippen LogP) is 2.86. The van der Waals surface area contributed by atoms with Gasteiger partial charge in [0.1, 0.15) is 0 Å². The molecule has 0 spiro atoms. The maximum atomic E-state index is 12.8. The molecule has 1 aliphatic rings. The molecule has 21 heavy (non-hydrogen) atoms. The molecule has 2 rings (SSSR count). The normalized spacial score (nSPS) is 18.4. The molecule has 114 valence electrons. The molecule has 1 amide bonds. The Morgan fingerprint density at radius 3 is 2.71 bits per heavy atom. The highest BCUT2D eigenvalue weighted by atomic mass is 16.5. The van der Waals surface area contributed by atoms with Gasteiger partial charge in [-0.05, 0) is 44.7 Å². The molecule has 0 bridgehead atoms. The van der Waals surface area contributed by atoms with Gasteiger partial charge < -0.3 is 9.64 Å². The van der Waals surface area contributed by atoms with Crippen molar-refractivity contribution in [1.82, 2.24) is 4.90 Å². The standard InChI is InChI=1S/C17H23NO3/c1-12-7-8-15(13(2)10-12)17(20)18-9-5-4-6-14(18)11-16(19)21-3/h7-8,10,14H,4-6,9,11H2,1-3H3. The summed E-state index contributed by atoms with van der Waals surface area (Å²) in [6, 6.07) is 5.82. The summed E-state index contributed by atoms with van der Waals surface area (Å²) in [6.07, 6.45) is 3.20. The first-order valence-corrected chi connectivity index (χ1v) is 7.48. The van der Waals surface area contributed by atoms with E-state index in [9.17, 15) is 9.59 Å². The topological polar surface area (TPSA) is 46.6 Å². The number of rotatable bonds is 3. The van der Waals surface area contributed by atoms with Gasteiger partial charge in [0, 0.05) is 18.2 Å². The maximum Gasteiger partial charge on any atom is 0.307 e. The second-order valence-corrected chi connectivity index (χ2v) is 5.75. The van der Waals surface area contributed by atoms with Gasteiger partial charge in [-0.25, -0.2) is 0 Å². The molecule has 4 nitrogen and oxygen atoms in total.